The minimum Gasteiger partial charge on any atom is -0.461 e. The van der Waals surface area contributed by atoms with Gasteiger partial charge in [0.15, 0.2) is 22.4 Å². The molecule has 142 valence electrons. The van der Waals surface area contributed by atoms with Gasteiger partial charge in [0.05, 0.1) is 12.0 Å². The minimum atomic E-state index is -0.293. The van der Waals surface area contributed by atoms with E-state index in [9.17, 15) is 9.59 Å². The molecule has 1 N–H and O–H groups in total. The van der Waals surface area contributed by atoms with E-state index in [0.717, 1.165) is 5.69 Å². The number of furan rings is 1. The summed E-state index contributed by atoms with van der Waals surface area (Å²) < 4.78 is 6.84. The number of fused-ring (bicyclic) bond motifs is 1. The van der Waals surface area contributed by atoms with Crippen molar-refractivity contribution in [1.29, 1.82) is 0 Å². The van der Waals surface area contributed by atoms with E-state index in [-0.39, 0.29) is 17.2 Å². The second kappa shape index (κ2) is 7.73. The Labute approximate surface area is 164 Å². The van der Waals surface area contributed by atoms with Gasteiger partial charge in [-0.3, -0.25) is 14.7 Å². The van der Waals surface area contributed by atoms with Crippen molar-refractivity contribution in [1.82, 2.24) is 19.6 Å². The van der Waals surface area contributed by atoms with Crippen molar-refractivity contribution >= 4 is 29.0 Å². The van der Waals surface area contributed by atoms with Crippen LogP contribution in [0.1, 0.15) is 6.92 Å². The Kier molecular flexibility index (Phi) is 4.98. The second-order valence-corrected chi connectivity index (χ2v) is 6.83. The highest BCUT2D eigenvalue weighted by atomic mass is 32.2. The molecule has 0 atom stereocenters. The van der Waals surface area contributed by atoms with Crippen LogP contribution >= 0.6 is 11.8 Å². The average Bonchev–Trinajstić information content (AvgIpc) is 3.36. The number of nitrogens with one attached hydrogen (secondary N) is 1. The maximum Gasteiger partial charge on any atom is 0.266 e. The SMILES string of the molecule is CCN(C(=O)CSc1nc(-c2ccco2)nc2cc(=O)[nH]n12)c1ccccc1. The molecule has 8 nitrogen and oxygen atoms in total. The normalized spacial score (nSPS) is 11.0. The zero-order valence-electron chi connectivity index (χ0n) is 15.0. The van der Waals surface area contributed by atoms with Crippen LogP contribution in [0.3, 0.4) is 0 Å². The summed E-state index contributed by atoms with van der Waals surface area (Å²) in [5, 5.41) is 3.11. The van der Waals surface area contributed by atoms with Crippen LogP contribution in [-0.4, -0.2) is 37.8 Å². The van der Waals surface area contributed by atoms with Crippen molar-refractivity contribution in [3.05, 3.63) is 65.1 Å². The maximum absolute atomic E-state index is 12.8. The van der Waals surface area contributed by atoms with Crippen molar-refractivity contribution in [2.75, 3.05) is 17.2 Å². The number of rotatable bonds is 6. The Morgan fingerprint density at radius 2 is 2.04 bits per heavy atom. The summed E-state index contributed by atoms with van der Waals surface area (Å²) in [6.45, 7) is 2.48. The van der Waals surface area contributed by atoms with E-state index >= 15 is 0 Å². The first-order valence-electron chi connectivity index (χ1n) is 8.67. The number of para-hydroxylation sites is 1. The number of aromatic nitrogens is 4. The minimum absolute atomic E-state index is 0.0560. The van der Waals surface area contributed by atoms with E-state index in [4.69, 9.17) is 4.42 Å². The fourth-order valence-electron chi connectivity index (χ4n) is 2.81. The molecule has 9 heteroatoms. The van der Waals surface area contributed by atoms with Crippen LogP contribution in [0.5, 0.6) is 0 Å². The standard InChI is InChI=1S/C19H17N5O3S/c1-2-23(13-7-4-3-5-8-13)17(26)12-28-19-21-18(14-9-6-10-27-14)20-15-11-16(25)22-24(15)19/h3-11H,2,12H2,1H3,(H,22,25). The fraction of sp³-hybridized carbons (Fsp3) is 0.158. The van der Waals surface area contributed by atoms with Gasteiger partial charge in [-0.25, -0.2) is 9.50 Å². The molecule has 3 heterocycles. The molecule has 4 rings (SSSR count). The van der Waals surface area contributed by atoms with Crippen molar-refractivity contribution < 1.29 is 9.21 Å². The fourth-order valence-corrected chi connectivity index (χ4v) is 3.64. The zero-order valence-corrected chi connectivity index (χ0v) is 15.8. The number of anilines is 1. The summed E-state index contributed by atoms with van der Waals surface area (Å²) in [7, 11) is 0. The van der Waals surface area contributed by atoms with Gasteiger partial charge in [-0.2, -0.15) is 4.98 Å². The maximum atomic E-state index is 12.8. The van der Waals surface area contributed by atoms with Crippen LogP contribution in [-0.2, 0) is 4.79 Å². The summed E-state index contributed by atoms with van der Waals surface area (Å²) >= 11 is 1.23. The number of carbonyl (C=O) groups is 1. The first kappa shape index (κ1) is 18.1. The van der Waals surface area contributed by atoms with Gasteiger partial charge in [0.1, 0.15) is 0 Å². The molecule has 0 aliphatic heterocycles. The lowest BCUT2D eigenvalue weighted by molar-refractivity contribution is -0.116. The quantitative estimate of drug-likeness (QED) is 0.504. The molecule has 1 amide bonds. The molecule has 0 saturated carbocycles. The Hall–Kier alpha value is -3.33. The summed E-state index contributed by atoms with van der Waals surface area (Å²) in [6.07, 6.45) is 1.53. The molecule has 0 aliphatic rings. The second-order valence-electron chi connectivity index (χ2n) is 5.88. The van der Waals surface area contributed by atoms with E-state index in [1.807, 2.05) is 37.3 Å². The Bertz CT molecular complexity index is 1150. The number of thioether (sulfide) groups is 1. The van der Waals surface area contributed by atoms with Gasteiger partial charge >= 0.3 is 0 Å². The number of amides is 1. The lowest BCUT2D eigenvalue weighted by atomic mass is 10.3. The highest BCUT2D eigenvalue weighted by Gasteiger charge is 2.17. The van der Waals surface area contributed by atoms with Gasteiger partial charge in [0, 0.05) is 18.3 Å². The monoisotopic (exact) mass is 395 g/mol. The first-order valence-corrected chi connectivity index (χ1v) is 9.66. The molecule has 0 fully saturated rings. The lowest BCUT2D eigenvalue weighted by Gasteiger charge is -2.20. The lowest BCUT2D eigenvalue weighted by Crippen LogP contribution is -2.32. The summed E-state index contributed by atoms with van der Waals surface area (Å²) in [5.41, 5.74) is 0.962. The molecule has 0 radical (unpaired) electrons. The Morgan fingerprint density at radius 3 is 2.75 bits per heavy atom. The van der Waals surface area contributed by atoms with Crippen LogP contribution in [0.15, 0.2) is 69.2 Å². The van der Waals surface area contributed by atoms with Crippen LogP contribution in [0, 0.1) is 0 Å². The highest BCUT2D eigenvalue weighted by molar-refractivity contribution is 7.99. The summed E-state index contributed by atoms with van der Waals surface area (Å²) in [4.78, 5) is 35.0. The summed E-state index contributed by atoms with van der Waals surface area (Å²) in [5.74, 6) is 0.949. The summed E-state index contributed by atoms with van der Waals surface area (Å²) in [6, 6.07) is 14.3. The number of carbonyl (C=O) groups excluding carboxylic acids is 1. The van der Waals surface area contributed by atoms with Gasteiger partial charge in [-0.05, 0) is 31.2 Å². The van der Waals surface area contributed by atoms with E-state index < -0.39 is 0 Å². The molecule has 0 unspecified atom stereocenters. The predicted octanol–water partition coefficient (Wildman–Crippen LogP) is 2.82. The van der Waals surface area contributed by atoms with E-state index in [2.05, 4.69) is 15.1 Å². The van der Waals surface area contributed by atoms with Gasteiger partial charge in [-0.1, -0.05) is 30.0 Å². The average molecular weight is 395 g/mol. The van der Waals surface area contributed by atoms with Crippen LogP contribution in [0.4, 0.5) is 5.69 Å². The topological polar surface area (TPSA) is 96.5 Å². The number of aromatic amines is 1. The third kappa shape index (κ3) is 3.56. The molecule has 0 saturated heterocycles. The molecular weight excluding hydrogens is 378 g/mol. The molecule has 28 heavy (non-hydrogen) atoms. The van der Waals surface area contributed by atoms with Gasteiger partial charge in [-0.15, -0.1) is 0 Å². The van der Waals surface area contributed by atoms with Gasteiger partial charge in [0.2, 0.25) is 5.91 Å². The number of benzene rings is 1. The van der Waals surface area contributed by atoms with Crippen molar-refractivity contribution in [3.63, 3.8) is 0 Å². The molecule has 1 aromatic carbocycles. The first-order chi connectivity index (χ1) is 13.7. The van der Waals surface area contributed by atoms with E-state index in [1.54, 1.807) is 17.0 Å². The smallest absolute Gasteiger partial charge is 0.266 e. The third-order valence-electron chi connectivity index (χ3n) is 4.08. The largest absolute Gasteiger partial charge is 0.461 e. The third-order valence-corrected chi connectivity index (χ3v) is 5.00. The Balaban J connectivity index is 1.62. The van der Waals surface area contributed by atoms with Gasteiger partial charge in [0.25, 0.3) is 5.56 Å². The number of nitrogens with zero attached hydrogens (tertiary/aromatic N) is 4. The van der Waals surface area contributed by atoms with E-state index in [0.29, 0.717) is 28.9 Å². The molecule has 4 aromatic rings. The predicted molar refractivity (Wildman–Crippen MR) is 107 cm³/mol. The molecule has 3 aromatic heterocycles. The molecule has 0 spiro atoms. The molecule has 0 bridgehead atoms. The van der Waals surface area contributed by atoms with Crippen LogP contribution < -0.4 is 10.5 Å². The van der Waals surface area contributed by atoms with Crippen molar-refractivity contribution in [3.8, 4) is 11.6 Å². The number of hydrogen-bond acceptors (Lipinski definition) is 6. The van der Waals surface area contributed by atoms with E-state index in [1.165, 1.54) is 28.6 Å². The van der Waals surface area contributed by atoms with Crippen molar-refractivity contribution in [2.45, 2.75) is 12.1 Å². The highest BCUT2D eigenvalue weighted by Crippen LogP contribution is 2.23. The van der Waals surface area contributed by atoms with Crippen LogP contribution in [0.25, 0.3) is 17.2 Å². The Morgan fingerprint density at radius 1 is 1.21 bits per heavy atom. The zero-order chi connectivity index (χ0) is 19.5. The molecular formula is C19H17N5O3S. The van der Waals surface area contributed by atoms with Crippen LogP contribution in [0.2, 0.25) is 0 Å². The van der Waals surface area contributed by atoms with Crippen molar-refractivity contribution in [2.24, 2.45) is 0 Å². The molecule has 0 aliphatic carbocycles. The van der Waals surface area contributed by atoms with Gasteiger partial charge < -0.3 is 9.32 Å². The number of H-pyrrole nitrogens is 1. The number of hydrogen-bond donors (Lipinski definition) is 1.